The van der Waals surface area contributed by atoms with Crippen LogP contribution in [0.5, 0.6) is 0 Å². The average Bonchev–Trinajstić information content (AvgIpc) is 2.83. The SMILES string of the molecule is CC.CC(C)c1nc(C(C)C)c2c(ccn2CCN)n1. The zero-order chi connectivity index (χ0) is 15.3. The molecule has 0 atom stereocenters. The smallest absolute Gasteiger partial charge is 0.131 e. The van der Waals surface area contributed by atoms with Crippen molar-refractivity contribution in [2.75, 3.05) is 6.54 Å². The van der Waals surface area contributed by atoms with E-state index in [1.54, 1.807) is 0 Å². The molecule has 20 heavy (non-hydrogen) atoms. The molecule has 0 unspecified atom stereocenters. The number of hydrogen-bond donors (Lipinski definition) is 1. The van der Waals surface area contributed by atoms with Crippen molar-refractivity contribution in [2.24, 2.45) is 5.73 Å². The van der Waals surface area contributed by atoms with Crippen LogP contribution in [0.3, 0.4) is 0 Å². The molecular weight excluding hydrogens is 248 g/mol. The summed E-state index contributed by atoms with van der Waals surface area (Å²) in [5, 5.41) is 0. The van der Waals surface area contributed by atoms with Crippen molar-refractivity contribution in [3.8, 4) is 0 Å². The van der Waals surface area contributed by atoms with E-state index in [-0.39, 0.29) is 0 Å². The highest BCUT2D eigenvalue weighted by Gasteiger charge is 2.15. The monoisotopic (exact) mass is 276 g/mol. The number of hydrogen-bond acceptors (Lipinski definition) is 3. The molecular formula is C16H28N4. The number of aromatic nitrogens is 3. The molecule has 2 N–H and O–H groups in total. The van der Waals surface area contributed by atoms with Gasteiger partial charge in [0.05, 0.1) is 16.7 Å². The molecule has 2 heterocycles. The van der Waals surface area contributed by atoms with Crippen LogP contribution in [-0.4, -0.2) is 21.1 Å². The maximum atomic E-state index is 5.65. The molecule has 0 aliphatic carbocycles. The topological polar surface area (TPSA) is 56.7 Å². The summed E-state index contributed by atoms with van der Waals surface area (Å²) in [7, 11) is 0. The second kappa shape index (κ2) is 7.39. The molecule has 0 amide bonds. The third-order valence-corrected chi connectivity index (χ3v) is 3.09. The molecule has 4 heteroatoms. The summed E-state index contributed by atoms with van der Waals surface area (Å²) >= 11 is 0. The molecule has 2 rings (SSSR count). The Morgan fingerprint density at radius 2 is 1.75 bits per heavy atom. The normalized spacial score (nSPS) is 11.1. The first-order valence-electron chi connectivity index (χ1n) is 7.61. The number of fused-ring (bicyclic) bond motifs is 1. The van der Waals surface area contributed by atoms with Gasteiger partial charge in [0.2, 0.25) is 0 Å². The van der Waals surface area contributed by atoms with Crippen LogP contribution in [0.4, 0.5) is 0 Å². The maximum absolute atomic E-state index is 5.65. The van der Waals surface area contributed by atoms with Gasteiger partial charge in [-0.1, -0.05) is 41.5 Å². The third-order valence-electron chi connectivity index (χ3n) is 3.09. The zero-order valence-electron chi connectivity index (χ0n) is 13.6. The summed E-state index contributed by atoms with van der Waals surface area (Å²) in [6.07, 6.45) is 2.06. The minimum Gasteiger partial charge on any atom is -0.343 e. The van der Waals surface area contributed by atoms with Crippen molar-refractivity contribution in [3.63, 3.8) is 0 Å². The molecule has 4 nitrogen and oxygen atoms in total. The van der Waals surface area contributed by atoms with Crippen molar-refractivity contribution in [2.45, 2.75) is 59.9 Å². The van der Waals surface area contributed by atoms with Crippen molar-refractivity contribution in [3.05, 3.63) is 23.8 Å². The summed E-state index contributed by atoms with van der Waals surface area (Å²) in [6.45, 7) is 14.0. The van der Waals surface area contributed by atoms with Gasteiger partial charge in [-0.3, -0.25) is 0 Å². The van der Waals surface area contributed by atoms with Crippen LogP contribution < -0.4 is 5.73 Å². The Morgan fingerprint density at radius 3 is 2.25 bits per heavy atom. The van der Waals surface area contributed by atoms with Crippen LogP contribution in [0.15, 0.2) is 12.3 Å². The highest BCUT2D eigenvalue weighted by Crippen LogP contribution is 2.25. The quantitative estimate of drug-likeness (QED) is 0.927. The van der Waals surface area contributed by atoms with Crippen LogP contribution in [0.25, 0.3) is 11.0 Å². The van der Waals surface area contributed by atoms with Crippen molar-refractivity contribution < 1.29 is 0 Å². The van der Waals surface area contributed by atoms with Gasteiger partial charge in [-0.2, -0.15) is 0 Å². The van der Waals surface area contributed by atoms with Crippen molar-refractivity contribution in [1.29, 1.82) is 0 Å². The molecule has 0 saturated heterocycles. The van der Waals surface area contributed by atoms with Gasteiger partial charge in [0.15, 0.2) is 0 Å². The Balaban J connectivity index is 0.000000956. The summed E-state index contributed by atoms with van der Waals surface area (Å²) in [5.74, 6) is 1.67. The second-order valence-corrected chi connectivity index (χ2v) is 5.31. The Kier molecular flexibility index (Phi) is 6.14. The molecule has 2 aromatic rings. The predicted octanol–water partition coefficient (Wildman–Crippen LogP) is 3.66. The second-order valence-electron chi connectivity index (χ2n) is 5.31. The molecule has 0 aliphatic rings. The van der Waals surface area contributed by atoms with E-state index in [1.807, 2.05) is 13.8 Å². The van der Waals surface area contributed by atoms with E-state index >= 15 is 0 Å². The Labute approximate surface area is 122 Å². The summed E-state index contributed by atoms with van der Waals surface area (Å²) in [5.41, 5.74) is 8.95. The lowest BCUT2D eigenvalue weighted by Crippen LogP contribution is -2.11. The average molecular weight is 276 g/mol. The van der Waals surface area contributed by atoms with E-state index in [4.69, 9.17) is 10.7 Å². The Morgan fingerprint density at radius 1 is 1.10 bits per heavy atom. The van der Waals surface area contributed by atoms with Gasteiger partial charge in [0.1, 0.15) is 5.82 Å². The maximum Gasteiger partial charge on any atom is 0.131 e. The highest BCUT2D eigenvalue weighted by molar-refractivity contribution is 5.78. The minimum absolute atomic E-state index is 0.352. The van der Waals surface area contributed by atoms with Gasteiger partial charge in [-0.25, -0.2) is 9.97 Å². The fourth-order valence-corrected chi connectivity index (χ4v) is 2.14. The molecule has 2 aromatic heterocycles. The summed E-state index contributed by atoms with van der Waals surface area (Å²) in [4.78, 5) is 9.39. The lowest BCUT2D eigenvalue weighted by molar-refractivity contribution is 0.706. The molecule has 0 saturated carbocycles. The largest absolute Gasteiger partial charge is 0.343 e. The molecule has 0 radical (unpaired) electrons. The molecule has 0 bridgehead atoms. The first-order valence-corrected chi connectivity index (χ1v) is 7.61. The summed E-state index contributed by atoms with van der Waals surface area (Å²) < 4.78 is 2.16. The van der Waals surface area contributed by atoms with E-state index < -0.39 is 0 Å². The lowest BCUT2D eigenvalue weighted by atomic mass is 10.1. The standard InChI is InChI=1S/C14H22N4.C2H6/c1-9(2)12-13-11(5-7-18(13)8-6-15)16-14(17-12)10(3)4;1-2/h5,7,9-10H,6,8,15H2,1-4H3;1-2H3. The van der Waals surface area contributed by atoms with E-state index in [1.165, 1.54) is 0 Å². The molecule has 0 aromatic carbocycles. The van der Waals surface area contributed by atoms with Gasteiger partial charge in [0, 0.05) is 25.2 Å². The Hall–Kier alpha value is -1.42. The number of nitrogens with two attached hydrogens (primary N) is 1. The fraction of sp³-hybridized carbons (Fsp3) is 0.625. The van der Waals surface area contributed by atoms with Crippen LogP contribution in [0.1, 0.15) is 64.9 Å². The third kappa shape index (κ3) is 3.37. The minimum atomic E-state index is 0.352. The zero-order valence-corrected chi connectivity index (χ0v) is 13.6. The van der Waals surface area contributed by atoms with E-state index in [0.717, 1.165) is 29.1 Å². The number of nitrogens with zero attached hydrogens (tertiary/aromatic N) is 3. The van der Waals surface area contributed by atoms with E-state index in [0.29, 0.717) is 18.4 Å². The lowest BCUT2D eigenvalue weighted by Gasteiger charge is -2.13. The molecule has 0 aliphatic heterocycles. The first-order chi connectivity index (χ1) is 9.54. The predicted molar refractivity (Wildman–Crippen MR) is 86.1 cm³/mol. The fourth-order valence-electron chi connectivity index (χ4n) is 2.14. The van der Waals surface area contributed by atoms with Crippen molar-refractivity contribution >= 4 is 11.0 Å². The van der Waals surface area contributed by atoms with Crippen LogP contribution >= 0.6 is 0 Å². The molecule has 0 spiro atoms. The van der Waals surface area contributed by atoms with Crippen LogP contribution in [-0.2, 0) is 6.54 Å². The molecule has 0 fully saturated rings. The number of rotatable bonds is 4. The van der Waals surface area contributed by atoms with Crippen LogP contribution in [0, 0.1) is 0 Å². The summed E-state index contributed by atoms with van der Waals surface area (Å²) in [6, 6.07) is 2.06. The van der Waals surface area contributed by atoms with Crippen molar-refractivity contribution in [1.82, 2.24) is 14.5 Å². The van der Waals surface area contributed by atoms with Crippen LogP contribution in [0.2, 0.25) is 0 Å². The van der Waals surface area contributed by atoms with Gasteiger partial charge in [-0.15, -0.1) is 0 Å². The van der Waals surface area contributed by atoms with Gasteiger partial charge < -0.3 is 10.3 Å². The highest BCUT2D eigenvalue weighted by atomic mass is 15.0. The first kappa shape index (κ1) is 16.6. The van der Waals surface area contributed by atoms with E-state index in [2.05, 4.69) is 49.5 Å². The van der Waals surface area contributed by atoms with Gasteiger partial charge in [-0.05, 0) is 12.0 Å². The van der Waals surface area contributed by atoms with Gasteiger partial charge >= 0.3 is 0 Å². The molecule has 112 valence electrons. The van der Waals surface area contributed by atoms with Gasteiger partial charge in [0.25, 0.3) is 0 Å². The van der Waals surface area contributed by atoms with E-state index in [9.17, 15) is 0 Å². The Bertz CT molecular complexity index is 541.